The second kappa shape index (κ2) is 5.43. The van der Waals surface area contributed by atoms with Gasteiger partial charge in [0.1, 0.15) is 5.15 Å². The largest absolute Gasteiger partial charge is 0.305 e. The van der Waals surface area contributed by atoms with Crippen LogP contribution in [0.25, 0.3) is 0 Å². The van der Waals surface area contributed by atoms with E-state index < -0.39 is 0 Å². The molecule has 0 aromatic carbocycles. The van der Waals surface area contributed by atoms with Gasteiger partial charge in [-0.15, -0.1) is 11.3 Å². The van der Waals surface area contributed by atoms with E-state index in [9.17, 15) is 4.79 Å². The van der Waals surface area contributed by atoms with Crippen molar-refractivity contribution >= 4 is 66.5 Å². The lowest BCUT2D eigenvalue weighted by Crippen LogP contribution is -2.12. The number of hydrogen-bond donors (Lipinski definition) is 1. The van der Waals surface area contributed by atoms with Gasteiger partial charge in [0, 0.05) is 0 Å². The van der Waals surface area contributed by atoms with Crippen LogP contribution >= 0.6 is 54.8 Å². The molecule has 0 unspecified atom stereocenters. The van der Waals surface area contributed by atoms with Gasteiger partial charge in [0.15, 0.2) is 5.82 Å². The molecule has 2 aromatic rings. The van der Waals surface area contributed by atoms with Gasteiger partial charge in [-0.1, -0.05) is 11.6 Å². The fourth-order valence-corrected chi connectivity index (χ4v) is 4.02. The van der Waals surface area contributed by atoms with E-state index >= 15 is 0 Å². The maximum atomic E-state index is 11.9. The Hall–Kier alpha value is -0.500. The first-order valence-electron chi connectivity index (χ1n) is 4.30. The van der Waals surface area contributed by atoms with Gasteiger partial charge in [-0.2, -0.15) is 0 Å². The lowest BCUT2D eigenvalue weighted by molar-refractivity contribution is 0.102. The van der Waals surface area contributed by atoms with Crippen molar-refractivity contribution in [3.05, 3.63) is 36.7 Å². The Balaban J connectivity index is 2.20. The molecule has 0 aliphatic heterocycles. The zero-order valence-electron chi connectivity index (χ0n) is 8.08. The quantitative estimate of drug-likeness (QED) is 0.834. The molecule has 0 fully saturated rings. The number of amides is 1. The van der Waals surface area contributed by atoms with Gasteiger partial charge in [-0.05, 0) is 37.9 Å². The fraction of sp³-hybridized carbons (Fsp3) is 0. The molecular weight excluding hydrogens is 393 g/mol. The average molecular weight is 397 g/mol. The van der Waals surface area contributed by atoms with Crippen molar-refractivity contribution in [2.75, 3.05) is 5.32 Å². The minimum Gasteiger partial charge on any atom is -0.305 e. The molecule has 17 heavy (non-hydrogen) atoms. The van der Waals surface area contributed by atoms with Crippen LogP contribution in [0.15, 0.2) is 26.0 Å². The molecule has 0 aliphatic rings. The van der Waals surface area contributed by atoms with Crippen molar-refractivity contribution in [1.29, 1.82) is 0 Å². The van der Waals surface area contributed by atoms with E-state index in [1.807, 2.05) is 0 Å². The van der Waals surface area contributed by atoms with E-state index in [0.717, 1.165) is 7.57 Å². The lowest BCUT2D eigenvalue weighted by atomic mass is 10.3. The Morgan fingerprint density at radius 3 is 2.76 bits per heavy atom. The van der Waals surface area contributed by atoms with Crippen LogP contribution in [-0.2, 0) is 0 Å². The Kier molecular flexibility index (Phi) is 4.13. The molecule has 0 saturated carbocycles. The molecule has 0 bridgehead atoms. The number of nitrogens with zero attached hydrogens (tertiary/aromatic N) is 2. The average Bonchev–Trinajstić information content (AvgIpc) is 2.58. The number of carbonyl (C=O) groups excluding carboxylic acids is 1. The normalized spacial score (nSPS) is 10.3. The van der Waals surface area contributed by atoms with Crippen LogP contribution < -0.4 is 5.32 Å². The first-order valence-corrected chi connectivity index (χ1v) is 7.08. The summed E-state index contributed by atoms with van der Waals surface area (Å²) in [7, 11) is 0. The maximum Gasteiger partial charge on any atom is 0.258 e. The summed E-state index contributed by atoms with van der Waals surface area (Å²) in [6, 6.07) is 1.72. The molecule has 2 heterocycles. The van der Waals surface area contributed by atoms with Gasteiger partial charge in [0.25, 0.3) is 5.91 Å². The molecule has 8 heteroatoms. The third-order valence-corrected chi connectivity index (χ3v) is 4.27. The summed E-state index contributed by atoms with van der Waals surface area (Å²) in [6.07, 6.45) is 2.83. The third kappa shape index (κ3) is 3.25. The molecule has 0 aliphatic carbocycles. The SMILES string of the molecule is O=C(Nc1cncc(Cl)n1)c1cc(Br)sc1Br. The van der Waals surface area contributed by atoms with E-state index in [1.165, 1.54) is 23.7 Å². The van der Waals surface area contributed by atoms with Gasteiger partial charge in [0.05, 0.1) is 25.5 Å². The second-order valence-corrected chi connectivity index (χ2v) is 7.06. The Morgan fingerprint density at radius 1 is 1.41 bits per heavy atom. The molecule has 0 saturated heterocycles. The number of hydrogen-bond acceptors (Lipinski definition) is 4. The van der Waals surface area contributed by atoms with Crippen LogP contribution in [0.5, 0.6) is 0 Å². The highest BCUT2D eigenvalue weighted by Crippen LogP contribution is 2.32. The van der Waals surface area contributed by atoms with Crippen LogP contribution in [0.3, 0.4) is 0 Å². The van der Waals surface area contributed by atoms with Gasteiger partial charge < -0.3 is 5.32 Å². The minimum absolute atomic E-state index is 0.230. The fourth-order valence-electron chi connectivity index (χ4n) is 1.08. The molecule has 2 rings (SSSR count). The molecule has 0 radical (unpaired) electrons. The Bertz CT molecular complexity index is 575. The van der Waals surface area contributed by atoms with E-state index in [-0.39, 0.29) is 11.1 Å². The van der Waals surface area contributed by atoms with Crippen molar-refractivity contribution in [3.8, 4) is 0 Å². The summed E-state index contributed by atoms with van der Waals surface area (Å²) >= 11 is 13.7. The van der Waals surface area contributed by atoms with Gasteiger partial charge in [-0.3, -0.25) is 9.78 Å². The molecule has 4 nitrogen and oxygen atoms in total. The predicted octanol–water partition coefficient (Wildman–Crippen LogP) is 3.97. The summed E-state index contributed by atoms with van der Waals surface area (Å²) in [5.74, 6) is 0.0483. The van der Waals surface area contributed by atoms with Crippen molar-refractivity contribution in [2.24, 2.45) is 0 Å². The topological polar surface area (TPSA) is 54.9 Å². The molecular formula is C9H4Br2ClN3OS. The van der Waals surface area contributed by atoms with Gasteiger partial charge in [-0.25, -0.2) is 4.98 Å². The zero-order valence-corrected chi connectivity index (χ0v) is 12.8. The molecule has 2 aromatic heterocycles. The first kappa shape index (κ1) is 12.9. The lowest BCUT2D eigenvalue weighted by Gasteiger charge is -2.02. The maximum absolute atomic E-state index is 11.9. The number of carbonyl (C=O) groups is 1. The summed E-state index contributed by atoms with van der Waals surface area (Å²) in [4.78, 5) is 19.6. The van der Waals surface area contributed by atoms with E-state index in [4.69, 9.17) is 11.6 Å². The summed E-state index contributed by atoms with van der Waals surface area (Å²) in [5.41, 5.74) is 0.531. The molecule has 1 amide bonds. The number of aromatic nitrogens is 2. The summed E-state index contributed by atoms with van der Waals surface area (Å²) in [5, 5.41) is 2.84. The van der Waals surface area contributed by atoms with Crippen LogP contribution in [-0.4, -0.2) is 15.9 Å². The highest BCUT2D eigenvalue weighted by molar-refractivity contribution is 9.12. The van der Waals surface area contributed by atoms with Crippen LogP contribution in [0.1, 0.15) is 10.4 Å². The van der Waals surface area contributed by atoms with Crippen molar-refractivity contribution in [1.82, 2.24) is 9.97 Å². The number of nitrogens with one attached hydrogen (secondary N) is 1. The summed E-state index contributed by atoms with van der Waals surface area (Å²) in [6.45, 7) is 0. The molecule has 0 spiro atoms. The van der Waals surface area contributed by atoms with E-state index in [1.54, 1.807) is 6.07 Å². The van der Waals surface area contributed by atoms with E-state index in [2.05, 4.69) is 47.1 Å². The number of thiophene rings is 1. The summed E-state index contributed by atoms with van der Waals surface area (Å²) < 4.78 is 1.61. The van der Waals surface area contributed by atoms with Crippen LogP contribution in [0.4, 0.5) is 5.82 Å². The number of anilines is 1. The molecule has 0 atom stereocenters. The molecule has 88 valence electrons. The predicted molar refractivity (Wildman–Crippen MR) is 74.7 cm³/mol. The standard InChI is InChI=1S/C9H4Br2ClN3OS/c10-5-1-4(8(11)17-5)9(16)15-7-3-13-2-6(12)14-7/h1-3H,(H,14,15,16). The van der Waals surface area contributed by atoms with E-state index in [0.29, 0.717) is 11.4 Å². The minimum atomic E-state index is -0.268. The number of rotatable bonds is 2. The Morgan fingerprint density at radius 2 is 2.18 bits per heavy atom. The van der Waals surface area contributed by atoms with Gasteiger partial charge in [0.2, 0.25) is 0 Å². The first-order chi connectivity index (χ1) is 8.06. The van der Waals surface area contributed by atoms with Gasteiger partial charge >= 0.3 is 0 Å². The zero-order chi connectivity index (χ0) is 12.4. The Labute approximate surface area is 123 Å². The highest BCUT2D eigenvalue weighted by atomic mass is 79.9. The van der Waals surface area contributed by atoms with Crippen molar-refractivity contribution in [3.63, 3.8) is 0 Å². The third-order valence-electron chi connectivity index (χ3n) is 1.75. The number of halogens is 3. The second-order valence-electron chi connectivity index (χ2n) is 2.92. The van der Waals surface area contributed by atoms with Crippen molar-refractivity contribution in [2.45, 2.75) is 0 Å². The van der Waals surface area contributed by atoms with Crippen LogP contribution in [0.2, 0.25) is 5.15 Å². The highest BCUT2D eigenvalue weighted by Gasteiger charge is 2.14. The monoisotopic (exact) mass is 395 g/mol. The molecule has 1 N–H and O–H groups in total. The van der Waals surface area contributed by atoms with Crippen molar-refractivity contribution < 1.29 is 4.79 Å². The van der Waals surface area contributed by atoms with Crippen LogP contribution in [0, 0.1) is 0 Å². The smallest absolute Gasteiger partial charge is 0.258 e.